The lowest BCUT2D eigenvalue weighted by molar-refractivity contribution is -0.114. The number of carbonyl (C=O) groups is 1. The van der Waals surface area contributed by atoms with Crippen molar-refractivity contribution in [3.05, 3.63) is 96.1 Å². The van der Waals surface area contributed by atoms with Gasteiger partial charge in [-0.2, -0.15) is 0 Å². The van der Waals surface area contributed by atoms with Crippen molar-refractivity contribution in [2.75, 3.05) is 17.7 Å². The van der Waals surface area contributed by atoms with Gasteiger partial charge in [-0.15, -0.1) is 11.8 Å². The molecular weight excluding hydrogens is 382 g/mol. The summed E-state index contributed by atoms with van der Waals surface area (Å²) < 4.78 is 6.12. The molecule has 1 atom stereocenters. The first-order valence-electron chi connectivity index (χ1n) is 9.52. The minimum absolute atomic E-state index is 0.0932. The van der Waals surface area contributed by atoms with Gasteiger partial charge in [0.2, 0.25) is 5.91 Å². The Balaban J connectivity index is 1.55. The molecule has 1 amide bonds. The molecule has 4 nitrogen and oxygen atoms in total. The van der Waals surface area contributed by atoms with Crippen LogP contribution in [0, 0.1) is 0 Å². The summed E-state index contributed by atoms with van der Waals surface area (Å²) in [5.74, 6) is 0.430. The van der Waals surface area contributed by atoms with E-state index in [0.717, 1.165) is 21.7 Å². The molecule has 150 valence electrons. The van der Waals surface area contributed by atoms with Crippen LogP contribution in [0.1, 0.15) is 24.2 Å². The van der Waals surface area contributed by atoms with Crippen LogP contribution in [0.15, 0.2) is 89.8 Å². The van der Waals surface area contributed by atoms with Crippen LogP contribution in [0.3, 0.4) is 0 Å². The number of amides is 1. The van der Waals surface area contributed by atoms with E-state index < -0.39 is 6.10 Å². The molecule has 0 spiro atoms. The molecule has 2 N–H and O–H groups in total. The first-order valence-corrected chi connectivity index (χ1v) is 10.5. The Bertz CT molecular complexity index is 846. The molecule has 0 heterocycles. The molecule has 0 fully saturated rings. The van der Waals surface area contributed by atoms with Crippen molar-refractivity contribution in [3.8, 4) is 0 Å². The topological polar surface area (TPSA) is 58.6 Å². The van der Waals surface area contributed by atoms with E-state index in [1.165, 1.54) is 6.92 Å². The van der Waals surface area contributed by atoms with Crippen LogP contribution >= 0.6 is 11.8 Å². The van der Waals surface area contributed by atoms with Crippen molar-refractivity contribution in [2.24, 2.45) is 0 Å². The van der Waals surface area contributed by atoms with Gasteiger partial charge in [0.1, 0.15) is 6.10 Å². The zero-order valence-electron chi connectivity index (χ0n) is 16.3. The molecule has 0 unspecified atom stereocenters. The maximum absolute atomic E-state index is 11.1. The van der Waals surface area contributed by atoms with E-state index in [0.29, 0.717) is 5.75 Å². The van der Waals surface area contributed by atoms with Crippen LogP contribution in [-0.4, -0.2) is 29.5 Å². The summed E-state index contributed by atoms with van der Waals surface area (Å²) in [6.45, 7) is 1.72. The fourth-order valence-electron chi connectivity index (χ4n) is 2.93. The molecule has 0 saturated heterocycles. The van der Waals surface area contributed by atoms with Crippen molar-refractivity contribution >= 4 is 23.4 Å². The van der Waals surface area contributed by atoms with Gasteiger partial charge in [-0.1, -0.05) is 60.7 Å². The van der Waals surface area contributed by atoms with E-state index in [-0.39, 0.29) is 18.6 Å². The summed E-state index contributed by atoms with van der Waals surface area (Å²) in [6, 6.07) is 27.6. The lowest BCUT2D eigenvalue weighted by Gasteiger charge is -2.21. The molecular formula is C24H25NO3S. The monoisotopic (exact) mass is 407 g/mol. The highest BCUT2D eigenvalue weighted by Crippen LogP contribution is 2.27. The van der Waals surface area contributed by atoms with Crippen LogP contribution in [-0.2, 0) is 9.53 Å². The second-order valence-electron chi connectivity index (χ2n) is 6.71. The molecule has 29 heavy (non-hydrogen) atoms. The van der Waals surface area contributed by atoms with Gasteiger partial charge in [0.05, 0.1) is 12.7 Å². The number of benzene rings is 3. The fraction of sp³-hybridized carbons (Fsp3) is 0.208. The quantitative estimate of drug-likeness (QED) is 0.495. The first-order chi connectivity index (χ1) is 14.1. The largest absolute Gasteiger partial charge is 0.390 e. The molecule has 0 aliphatic carbocycles. The summed E-state index contributed by atoms with van der Waals surface area (Å²) in [5.41, 5.74) is 2.89. The number of aliphatic hydroxyl groups excluding tert-OH is 1. The Labute approximate surface area is 175 Å². The third kappa shape index (κ3) is 6.75. The average molecular weight is 408 g/mol. The van der Waals surface area contributed by atoms with Crippen LogP contribution in [0.4, 0.5) is 5.69 Å². The van der Waals surface area contributed by atoms with Crippen LogP contribution in [0.5, 0.6) is 0 Å². The fourth-order valence-corrected chi connectivity index (χ4v) is 3.74. The van der Waals surface area contributed by atoms with E-state index in [1.54, 1.807) is 11.8 Å². The number of ether oxygens (including phenoxy) is 1. The van der Waals surface area contributed by atoms with Crippen LogP contribution < -0.4 is 5.32 Å². The van der Waals surface area contributed by atoms with E-state index in [4.69, 9.17) is 4.74 Å². The first kappa shape index (κ1) is 21.1. The summed E-state index contributed by atoms with van der Waals surface area (Å²) in [4.78, 5) is 12.1. The zero-order chi connectivity index (χ0) is 20.5. The number of rotatable bonds is 9. The third-order valence-electron chi connectivity index (χ3n) is 4.28. The van der Waals surface area contributed by atoms with Gasteiger partial charge in [-0.3, -0.25) is 4.79 Å². The molecule has 3 aromatic carbocycles. The molecule has 0 aromatic heterocycles. The van der Waals surface area contributed by atoms with Gasteiger partial charge < -0.3 is 15.2 Å². The average Bonchev–Trinajstić information content (AvgIpc) is 2.74. The third-order valence-corrected chi connectivity index (χ3v) is 5.43. The lowest BCUT2D eigenvalue weighted by Crippen LogP contribution is -2.20. The maximum atomic E-state index is 11.1. The number of hydrogen-bond donors (Lipinski definition) is 2. The number of hydrogen-bond acceptors (Lipinski definition) is 4. The highest BCUT2D eigenvalue weighted by atomic mass is 32.2. The van der Waals surface area contributed by atoms with Crippen LogP contribution in [0.25, 0.3) is 0 Å². The Morgan fingerprint density at radius 2 is 1.48 bits per heavy atom. The highest BCUT2D eigenvalue weighted by Gasteiger charge is 2.16. The molecule has 0 aliphatic heterocycles. The summed E-state index contributed by atoms with van der Waals surface area (Å²) in [7, 11) is 0. The second-order valence-corrected chi connectivity index (χ2v) is 7.80. The predicted molar refractivity (Wildman–Crippen MR) is 118 cm³/mol. The van der Waals surface area contributed by atoms with E-state index >= 15 is 0 Å². The molecule has 0 aliphatic rings. The van der Waals surface area contributed by atoms with Gasteiger partial charge in [0.25, 0.3) is 0 Å². The van der Waals surface area contributed by atoms with Gasteiger partial charge in [-0.25, -0.2) is 0 Å². The molecule has 0 radical (unpaired) electrons. The van der Waals surface area contributed by atoms with Crippen LogP contribution in [0.2, 0.25) is 0 Å². The van der Waals surface area contributed by atoms with Gasteiger partial charge in [0, 0.05) is 23.3 Å². The Hall–Kier alpha value is -2.60. The van der Waals surface area contributed by atoms with Crippen molar-refractivity contribution in [1.82, 2.24) is 0 Å². The molecule has 0 bridgehead atoms. The normalized spacial score (nSPS) is 12.0. The number of aliphatic hydroxyl groups is 1. The van der Waals surface area contributed by atoms with Gasteiger partial charge in [-0.05, 0) is 35.4 Å². The number of anilines is 1. The van der Waals surface area contributed by atoms with E-state index in [1.807, 2.05) is 84.9 Å². The minimum atomic E-state index is -0.593. The van der Waals surface area contributed by atoms with Crippen molar-refractivity contribution < 1.29 is 14.6 Å². The smallest absolute Gasteiger partial charge is 0.221 e. The van der Waals surface area contributed by atoms with Gasteiger partial charge >= 0.3 is 0 Å². The maximum Gasteiger partial charge on any atom is 0.221 e. The Morgan fingerprint density at radius 1 is 0.931 bits per heavy atom. The minimum Gasteiger partial charge on any atom is -0.390 e. The van der Waals surface area contributed by atoms with Gasteiger partial charge in [0.15, 0.2) is 0 Å². The number of nitrogens with one attached hydrogen (secondary N) is 1. The van der Waals surface area contributed by atoms with E-state index in [9.17, 15) is 9.90 Å². The Morgan fingerprint density at radius 3 is 2.00 bits per heavy atom. The van der Waals surface area contributed by atoms with E-state index in [2.05, 4.69) is 5.32 Å². The molecule has 3 aromatic rings. The summed E-state index contributed by atoms with van der Waals surface area (Å²) >= 11 is 1.56. The second kappa shape index (κ2) is 10.8. The SMILES string of the molecule is CC(=O)Nc1ccc(SC[C@H](O)COC(c2ccccc2)c2ccccc2)cc1. The number of carbonyl (C=O) groups excluding carboxylic acids is 1. The zero-order valence-corrected chi connectivity index (χ0v) is 17.1. The predicted octanol–water partition coefficient (Wildman–Crippen LogP) is 4.90. The van der Waals surface area contributed by atoms with Crippen molar-refractivity contribution in [1.29, 1.82) is 0 Å². The molecule has 5 heteroatoms. The van der Waals surface area contributed by atoms with Crippen molar-refractivity contribution in [3.63, 3.8) is 0 Å². The highest BCUT2D eigenvalue weighted by molar-refractivity contribution is 7.99. The summed E-state index contributed by atoms with van der Waals surface area (Å²) in [6.07, 6.45) is -0.807. The Kier molecular flexibility index (Phi) is 7.87. The molecule has 0 saturated carbocycles. The standard InChI is InChI=1S/C24H25NO3S/c1-18(26)25-21-12-14-23(15-13-21)29-17-22(27)16-28-24(19-8-4-2-5-9-19)20-10-6-3-7-11-20/h2-15,22,24,27H,16-17H2,1H3,(H,25,26)/t22-/m1/s1. The summed E-state index contributed by atoms with van der Waals surface area (Å²) in [5, 5.41) is 13.2. The van der Waals surface area contributed by atoms with Crippen molar-refractivity contribution in [2.45, 2.75) is 24.0 Å². The lowest BCUT2D eigenvalue weighted by atomic mass is 10.0. The molecule has 3 rings (SSSR count). The number of thioether (sulfide) groups is 1.